The molecule has 26 heavy (non-hydrogen) atoms. The summed E-state index contributed by atoms with van der Waals surface area (Å²) in [5.74, 6) is -0.0784. The molecule has 0 radical (unpaired) electrons. The third-order valence-electron chi connectivity index (χ3n) is 5.39. The number of alkyl halides is 1. The standard InChI is InChI=1S/C20H27IN2O3/c1-19(2)11-16(12-21)22(17(19)24)18(25)23-15(13-26-20(23,3)4)10-14-8-6-5-7-9-14/h5-9,15-16H,10-13H2,1-4H3/t15-,16+/m0/s1. The quantitative estimate of drug-likeness (QED) is 0.498. The molecule has 0 aromatic heterocycles. The van der Waals surface area contributed by atoms with E-state index < -0.39 is 11.1 Å². The van der Waals surface area contributed by atoms with Crippen LogP contribution < -0.4 is 0 Å². The molecule has 0 saturated carbocycles. The molecule has 2 aliphatic heterocycles. The van der Waals surface area contributed by atoms with Crippen molar-refractivity contribution in [3.05, 3.63) is 35.9 Å². The van der Waals surface area contributed by atoms with E-state index in [1.54, 1.807) is 4.90 Å². The van der Waals surface area contributed by atoms with E-state index >= 15 is 0 Å². The monoisotopic (exact) mass is 470 g/mol. The molecule has 1 aromatic rings. The normalized spacial score (nSPS) is 27.2. The van der Waals surface area contributed by atoms with E-state index in [0.29, 0.717) is 13.0 Å². The van der Waals surface area contributed by atoms with E-state index in [0.717, 1.165) is 16.4 Å². The Morgan fingerprint density at radius 2 is 1.85 bits per heavy atom. The molecule has 2 aliphatic rings. The second kappa shape index (κ2) is 7.11. The Hall–Kier alpha value is -1.15. The number of carbonyl (C=O) groups excluding carboxylic acids is 2. The van der Waals surface area contributed by atoms with Crippen LogP contribution in [0.5, 0.6) is 0 Å². The molecule has 0 bridgehead atoms. The highest BCUT2D eigenvalue weighted by Gasteiger charge is 2.53. The lowest BCUT2D eigenvalue weighted by molar-refractivity contribution is -0.133. The van der Waals surface area contributed by atoms with Crippen molar-refractivity contribution in [2.45, 2.75) is 58.3 Å². The second-order valence-electron chi connectivity index (χ2n) is 8.33. The number of nitrogens with zero attached hydrogens (tertiary/aromatic N) is 2. The van der Waals surface area contributed by atoms with Gasteiger partial charge in [0.2, 0.25) is 5.91 Å². The van der Waals surface area contributed by atoms with Crippen molar-refractivity contribution >= 4 is 34.5 Å². The van der Waals surface area contributed by atoms with Crippen molar-refractivity contribution in [2.75, 3.05) is 11.0 Å². The number of ether oxygens (including phenoxy) is 1. The minimum atomic E-state index is -0.723. The average Bonchev–Trinajstić information content (AvgIpc) is 3.01. The predicted molar refractivity (Wildman–Crippen MR) is 109 cm³/mol. The first-order chi connectivity index (χ1) is 12.2. The van der Waals surface area contributed by atoms with Crippen LogP contribution in [0.1, 0.15) is 39.7 Å². The van der Waals surface area contributed by atoms with Gasteiger partial charge in [0.25, 0.3) is 0 Å². The Balaban J connectivity index is 1.88. The molecule has 0 spiro atoms. The van der Waals surface area contributed by atoms with Crippen LogP contribution in [-0.2, 0) is 16.0 Å². The fraction of sp³-hybridized carbons (Fsp3) is 0.600. The number of halogens is 1. The van der Waals surface area contributed by atoms with Crippen LogP contribution in [0, 0.1) is 5.41 Å². The third-order valence-corrected chi connectivity index (χ3v) is 6.40. The molecule has 3 rings (SSSR count). The van der Waals surface area contributed by atoms with Gasteiger partial charge in [-0.1, -0.05) is 66.8 Å². The highest BCUT2D eigenvalue weighted by atomic mass is 127. The smallest absolute Gasteiger partial charge is 0.329 e. The molecule has 0 N–H and O–H groups in total. The molecule has 6 heteroatoms. The molecule has 2 saturated heterocycles. The highest BCUT2D eigenvalue weighted by Crippen LogP contribution is 2.39. The molecule has 0 aliphatic carbocycles. The number of urea groups is 1. The van der Waals surface area contributed by atoms with Crippen LogP contribution in [0.3, 0.4) is 0 Å². The van der Waals surface area contributed by atoms with Gasteiger partial charge in [-0.25, -0.2) is 4.79 Å². The van der Waals surface area contributed by atoms with Crippen LogP contribution in [0.25, 0.3) is 0 Å². The number of rotatable bonds is 3. The van der Waals surface area contributed by atoms with Gasteiger partial charge in [0.15, 0.2) is 0 Å². The topological polar surface area (TPSA) is 49.9 Å². The van der Waals surface area contributed by atoms with Crippen LogP contribution in [0.2, 0.25) is 0 Å². The molecular weight excluding hydrogens is 443 g/mol. The van der Waals surface area contributed by atoms with Crippen molar-refractivity contribution < 1.29 is 14.3 Å². The van der Waals surface area contributed by atoms with Gasteiger partial charge in [0, 0.05) is 9.84 Å². The van der Waals surface area contributed by atoms with Gasteiger partial charge in [-0.15, -0.1) is 0 Å². The summed E-state index contributed by atoms with van der Waals surface area (Å²) in [5, 5.41) is 0. The van der Waals surface area contributed by atoms with Crippen molar-refractivity contribution in [3.63, 3.8) is 0 Å². The van der Waals surface area contributed by atoms with Crippen molar-refractivity contribution in [2.24, 2.45) is 5.41 Å². The summed E-state index contributed by atoms with van der Waals surface area (Å²) < 4.78 is 6.69. The highest BCUT2D eigenvalue weighted by molar-refractivity contribution is 14.1. The first-order valence-corrected chi connectivity index (χ1v) is 10.6. The number of carbonyl (C=O) groups is 2. The lowest BCUT2D eigenvalue weighted by Gasteiger charge is -2.37. The summed E-state index contributed by atoms with van der Waals surface area (Å²) in [6.07, 6.45) is 1.43. The summed E-state index contributed by atoms with van der Waals surface area (Å²) in [6.45, 7) is 8.14. The van der Waals surface area contributed by atoms with Crippen LogP contribution in [0.15, 0.2) is 30.3 Å². The van der Waals surface area contributed by atoms with E-state index in [2.05, 4.69) is 34.7 Å². The fourth-order valence-corrected chi connectivity index (χ4v) is 4.75. The summed E-state index contributed by atoms with van der Waals surface area (Å²) >= 11 is 2.26. The molecule has 142 valence electrons. The second-order valence-corrected chi connectivity index (χ2v) is 9.21. The van der Waals surface area contributed by atoms with E-state index in [1.165, 1.54) is 4.90 Å². The van der Waals surface area contributed by atoms with E-state index in [-0.39, 0.29) is 24.0 Å². The van der Waals surface area contributed by atoms with E-state index in [9.17, 15) is 9.59 Å². The lowest BCUT2D eigenvalue weighted by Crippen LogP contribution is -2.56. The van der Waals surface area contributed by atoms with Crippen molar-refractivity contribution in [1.82, 2.24) is 9.80 Å². The van der Waals surface area contributed by atoms with Crippen molar-refractivity contribution in [3.8, 4) is 0 Å². The number of imide groups is 1. The SMILES string of the molecule is CC1(C)C[C@H](CI)N(C(=O)N2[C@@H](Cc3ccccc3)COC2(C)C)C1=O. The fourth-order valence-electron chi connectivity index (χ4n) is 4.05. The van der Waals surface area contributed by atoms with Gasteiger partial charge >= 0.3 is 6.03 Å². The Morgan fingerprint density at radius 3 is 2.46 bits per heavy atom. The van der Waals surface area contributed by atoms with E-state index in [4.69, 9.17) is 4.74 Å². The maximum atomic E-state index is 13.5. The van der Waals surface area contributed by atoms with Gasteiger partial charge < -0.3 is 4.74 Å². The Labute approximate surface area is 169 Å². The Kier molecular flexibility index (Phi) is 5.36. The number of likely N-dealkylation sites (tertiary alicyclic amines) is 1. The molecule has 2 fully saturated rings. The first-order valence-electron chi connectivity index (χ1n) is 9.08. The molecule has 1 aromatic carbocycles. The van der Waals surface area contributed by atoms with Gasteiger partial charge in [-0.3, -0.25) is 14.6 Å². The molecular formula is C20H27IN2O3. The third kappa shape index (κ3) is 3.50. The molecule has 3 amide bonds. The van der Waals surface area contributed by atoms with Crippen LogP contribution >= 0.6 is 22.6 Å². The van der Waals surface area contributed by atoms with Gasteiger partial charge in [0.05, 0.1) is 18.7 Å². The zero-order valence-corrected chi connectivity index (χ0v) is 18.0. The minimum Gasteiger partial charge on any atom is -0.354 e. The maximum absolute atomic E-state index is 13.5. The lowest BCUT2D eigenvalue weighted by atomic mass is 9.90. The van der Waals surface area contributed by atoms with Gasteiger partial charge in [0.1, 0.15) is 5.72 Å². The molecule has 5 nitrogen and oxygen atoms in total. The minimum absolute atomic E-state index is 0.0561. The first kappa shape index (κ1) is 19.6. The summed E-state index contributed by atoms with van der Waals surface area (Å²) in [4.78, 5) is 29.6. The molecule has 0 unspecified atom stereocenters. The number of hydrogen-bond acceptors (Lipinski definition) is 3. The number of hydrogen-bond donors (Lipinski definition) is 0. The van der Waals surface area contributed by atoms with E-state index in [1.807, 2.05) is 45.9 Å². The van der Waals surface area contributed by atoms with Gasteiger partial charge in [-0.2, -0.15) is 0 Å². The van der Waals surface area contributed by atoms with Crippen molar-refractivity contribution in [1.29, 1.82) is 0 Å². The number of amides is 3. The number of benzene rings is 1. The zero-order valence-electron chi connectivity index (χ0n) is 15.9. The van der Waals surface area contributed by atoms with Crippen LogP contribution in [-0.4, -0.2) is 50.6 Å². The van der Waals surface area contributed by atoms with Gasteiger partial charge in [-0.05, 0) is 32.3 Å². The Morgan fingerprint density at radius 1 is 1.19 bits per heavy atom. The Bertz CT molecular complexity index is 690. The summed E-state index contributed by atoms with van der Waals surface area (Å²) in [5.41, 5.74) is -0.0556. The largest absolute Gasteiger partial charge is 0.354 e. The zero-order chi connectivity index (χ0) is 19.1. The summed E-state index contributed by atoms with van der Waals surface area (Å²) in [6, 6.07) is 9.76. The average molecular weight is 470 g/mol. The summed E-state index contributed by atoms with van der Waals surface area (Å²) in [7, 11) is 0. The van der Waals surface area contributed by atoms with Crippen LogP contribution in [0.4, 0.5) is 4.79 Å². The predicted octanol–water partition coefficient (Wildman–Crippen LogP) is 3.85. The maximum Gasteiger partial charge on any atom is 0.329 e. The molecule has 2 heterocycles. The molecule has 2 atom stereocenters.